The minimum atomic E-state index is -1.26. The van der Waals surface area contributed by atoms with Crippen LogP contribution in [0.4, 0.5) is 5.95 Å². The normalized spacial score (nSPS) is 13.4. The molecule has 1 aromatic carbocycles. The molecule has 4 N–H and O–H groups in total. The van der Waals surface area contributed by atoms with Gasteiger partial charge >= 0.3 is 0 Å². The fourth-order valence-electron chi connectivity index (χ4n) is 3.70. The number of rotatable bonds is 6. The highest BCUT2D eigenvalue weighted by Crippen LogP contribution is 2.31. The van der Waals surface area contributed by atoms with Crippen molar-refractivity contribution in [3.05, 3.63) is 60.5 Å². The standard InChI is InChI=1S/C21H20N8O3/c1-21(19(31)23-9-10-30,13-6-3-2-4-7-13)29-18-14(12-24-29)17-25-16(15-8-5-11-32-15)27-28(17)20(22)26-18/h2-8,11-12,30H,9-10H2,1H3,(H2,22,26)(H,23,31). The Morgan fingerprint density at radius 2 is 2.00 bits per heavy atom. The minimum absolute atomic E-state index is 0.0886. The van der Waals surface area contributed by atoms with Gasteiger partial charge in [-0.3, -0.25) is 4.79 Å². The second-order valence-corrected chi connectivity index (χ2v) is 7.33. The lowest BCUT2D eigenvalue weighted by Crippen LogP contribution is -2.48. The van der Waals surface area contributed by atoms with Gasteiger partial charge in [-0.15, -0.1) is 5.10 Å². The number of carbonyl (C=O) groups excluding carboxylic acids is 1. The van der Waals surface area contributed by atoms with Gasteiger partial charge in [0.25, 0.3) is 5.91 Å². The molecule has 0 spiro atoms. The van der Waals surface area contributed by atoms with Crippen LogP contribution in [0.1, 0.15) is 12.5 Å². The van der Waals surface area contributed by atoms with E-state index in [-0.39, 0.29) is 25.0 Å². The highest BCUT2D eigenvalue weighted by molar-refractivity contribution is 5.94. The highest BCUT2D eigenvalue weighted by Gasteiger charge is 2.40. The number of benzene rings is 1. The predicted molar refractivity (Wildman–Crippen MR) is 115 cm³/mol. The van der Waals surface area contributed by atoms with Crippen LogP contribution in [0.2, 0.25) is 0 Å². The zero-order valence-electron chi connectivity index (χ0n) is 17.1. The lowest BCUT2D eigenvalue weighted by atomic mass is 9.91. The maximum Gasteiger partial charge on any atom is 0.252 e. The molecule has 5 aromatic rings. The second kappa shape index (κ2) is 7.46. The number of nitrogens with zero attached hydrogens (tertiary/aromatic N) is 6. The lowest BCUT2D eigenvalue weighted by molar-refractivity contribution is -0.127. The Bertz CT molecular complexity index is 1410. The summed E-state index contributed by atoms with van der Waals surface area (Å²) < 4.78 is 8.32. The van der Waals surface area contributed by atoms with Crippen molar-refractivity contribution in [2.75, 3.05) is 18.9 Å². The quantitative estimate of drug-likeness (QED) is 0.362. The van der Waals surface area contributed by atoms with E-state index in [2.05, 4.69) is 25.5 Å². The molecule has 162 valence electrons. The molecular formula is C21H20N8O3. The SMILES string of the molecule is CC(C(=O)NCCO)(c1ccccc1)n1ncc2c1nc(N)n1nc(-c3ccco3)nc21. The van der Waals surface area contributed by atoms with Crippen molar-refractivity contribution in [2.24, 2.45) is 0 Å². The molecule has 0 saturated heterocycles. The maximum atomic E-state index is 13.3. The minimum Gasteiger partial charge on any atom is -0.461 e. The molecule has 0 saturated carbocycles. The van der Waals surface area contributed by atoms with Gasteiger partial charge in [0.2, 0.25) is 11.8 Å². The van der Waals surface area contributed by atoms with Crippen molar-refractivity contribution >= 4 is 28.5 Å². The second-order valence-electron chi connectivity index (χ2n) is 7.33. The molecule has 1 atom stereocenters. The summed E-state index contributed by atoms with van der Waals surface area (Å²) >= 11 is 0. The summed E-state index contributed by atoms with van der Waals surface area (Å²) in [5.41, 5.74) is 6.44. The summed E-state index contributed by atoms with van der Waals surface area (Å²) in [5, 5.41) is 21.4. The van der Waals surface area contributed by atoms with Crippen molar-refractivity contribution in [3.8, 4) is 11.6 Å². The van der Waals surface area contributed by atoms with E-state index in [1.807, 2.05) is 30.3 Å². The van der Waals surface area contributed by atoms with Crippen LogP contribution in [0, 0.1) is 0 Å². The van der Waals surface area contributed by atoms with Gasteiger partial charge in [0.1, 0.15) is 0 Å². The van der Waals surface area contributed by atoms with E-state index in [9.17, 15) is 9.90 Å². The Morgan fingerprint density at radius 1 is 1.19 bits per heavy atom. The molecule has 5 rings (SSSR count). The van der Waals surface area contributed by atoms with Crippen LogP contribution >= 0.6 is 0 Å². The van der Waals surface area contributed by atoms with Gasteiger partial charge < -0.3 is 20.6 Å². The molecule has 0 radical (unpaired) electrons. The van der Waals surface area contributed by atoms with Crippen molar-refractivity contribution in [3.63, 3.8) is 0 Å². The van der Waals surface area contributed by atoms with Crippen molar-refractivity contribution < 1.29 is 14.3 Å². The maximum absolute atomic E-state index is 13.3. The number of nitrogens with one attached hydrogen (secondary N) is 1. The third kappa shape index (κ3) is 2.90. The Morgan fingerprint density at radius 3 is 2.72 bits per heavy atom. The zero-order valence-corrected chi connectivity index (χ0v) is 17.1. The molecule has 0 aliphatic heterocycles. The molecule has 0 bridgehead atoms. The number of fused-ring (bicyclic) bond motifs is 3. The number of aromatic nitrogens is 6. The van der Waals surface area contributed by atoms with E-state index in [1.54, 1.807) is 25.3 Å². The number of anilines is 1. The van der Waals surface area contributed by atoms with Crippen LogP contribution in [0.15, 0.2) is 59.3 Å². The monoisotopic (exact) mass is 432 g/mol. The molecule has 4 aromatic heterocycles. The zero-order chi connectivity index (χ0) is 22.3. The van der Waals surface area contributed by atoms with Crippen LogP contribution in [0.5, 0.6) is 0 Å². The first kappa shape index (κ1) is 19.7. The van der Waals surface area contributed by atoms with Crippen LogP contribution < -0.4 is 11.1 Å². The smallest absolute Gasteiger partial charge is 0.252 e. The number of nitrogen functional groups attached to an aromatic ring is 1. The van der Waals surface area contributed by atoms with E-state index in [0.717, 1.165) is 0 Å². The fourth-order valence-corrected chi connectivity index (χ4v) is 3.70. The fraction of sp³-hybridized carbons (Fsp3) is 0.190. The summed E-state index contributed by atoms with van der Waals surface area (Å²) in [5.74, 6) is 0.591. The molecule has 11 heteroatoms. The van der Waals surface area contributed by atoms with E-state index in [1.165, 1.54) is 15.5 Å². The topological polar surface area (TPSA) is 149 Å². The van der Waals surface area contributed by atoms with Crippen molar-refractivity contribution in [1.82, 2.24) is 34.7 Å². The molecule has 0 aliphatic carbocycles. The molecule has 1 amide bonds. The summed E-state index contributed by atoms with van der Waals surface area (Å²) in [6.45, 7) is 1.66. The molecule has 11 nitrogen and oxygen atoms in total. The third-order valence-electron chi connectivity index (χ3n) is 5.37. The van der Waals surface area contributed by atoms with Gasteiger partial charge in [0, 0.05) is 6.54 Å². The summed E-state index contributed by atoms with van der Waals surface area (Å²) in [6, 6.07) is 12.7. The Kier molecular flexibility index (Phi) is 4.59. The average molecular weight is 432 g/mol. The van der Waals surface area contributed by atoms with Crippen LogP contribution in [0.25, 0.3) is 28.3 Å². The van der Waals surface area contributed by atoms with Gasteiger partial charge in [-0.2, -0.15) is 14.6 Å². The third-order valence-corrected chi connectivity index (χ3v) is 5.37. The molecule has 0 aliphatic rings. The average Bonchev–Trinajstić information content (AvgIpc) is 3.56. The van der Waals surface area contributed by atoms with E-state index in [4.69, 9.17) is 10.2 Å². The number of carbonyl (C=O) groups is 1. The number of aliphatic hydroxyl groups is 1. The summed E-state index contributed by atoms with van der Waals surface area (Å²) in [6.07, 6.45) is 3.12. The van der Waals surface area contributed by atoms with E-state index < -0.39 is 5.54 Å². The summed E-state index contributed by atoms with van der Waals surface area (Å²) in [4.78, 5) is 22.3. The van der Waals surface area contributed by atoms with Gasteiger partial charge in [0.05, 0.1) is 24.5 Å². The number of nitrogens with two attached hydrogens (primary N) is 1. The number of hydrogen-bond donors (Lipinski definition) is 3. The Hall–Kier alpha value is -4.25. The highest BCUT2D eigenvalue weighted by atomic mass is 16.3. The number of hydrogen-bond acceptors (Lipinski definition) is 8. The van der Waals surface area contributed by atoms with Crippen LogP contribution in [-0.4, -0.2) is 53.5 Å². The van der Waals surface area contributed by atoms with Crippen molar-refractivity contribution in [1.29, 1.82) is 0 Å². The summed E-state index contributed by atoms with van der Waals surface area (Å²) in [7, 11) is 0. The van der Waals surface area contributed by atoms with E-state index in [0.29, 0.717) is 33.8 Å². The Balaban J connectivity index is 1.74. The lowest BCUT2D eigenvalue weighted by Gasteiger charge is -2.29. The largest absolute Gasteiger partial charge is 0.461 e. The molecule has 32 heavy (non-hydrogen) atoms. The molecule has 1 unspecified atom stereocenters. The number of furan rings is 1. The van der Waals surface area contributed by atoms with Gasteiger partial charge in [0.15, 0.2) is 22.6 Å². The number of amides is 1. The first-order chi connectivity index (χ1) is 15.5. The van der Waals surface area contributed by atoms with Gasteiger partial charge in [-0.05, 0) is 24.6 Å². The van der Waals surface area contributed by atoms with Gasteiger partial charge in [-0.1, -0.05) is 30.3 Å². The molecule has 0 fully saturated rings. The van der Waals surface area contributed by atoms with E-state index >= 15 is 0 Å². The molecule has 4 heterocycles. The van der Waals surface area contributed by atoms with Crippen LogP contribution in [-0.2, 0) is 10.3 Å². The molecular weight excluding hydrogens is 412 g/mol. The van der Waals surface area contributed by atoms with Gasteiger partial charge in [-0.25, -0.2) is 9.67 Å². The first-order valence-corrected chi connectivity index (χ1v) is 9.93. The Labute approximate surface area is 181 Å². The van der Waals surface area contributed by atoms with Crippen LogP contribution in [0.3, 0.4) is 0 Å². The first-order valence-electron chi connectivity index (χ1n) is 9.93. The predicted octanol–water partition coefficient (Wildman–Crippen LogP) is 1.19. The number of aliphatic hydroxyl groups excluding tert-OH is 1. The van der Waals surface area contributed by atoms with Crippen molar-refractivity contribution in [2.45, 2.75) is 12.5 Å².